The Kier molecular flexibility index (Phi) is 4.84. The van der Waals surface area contributed by atoms with Gasteiger partial charge in [0, 0.05) is 10.7 Å². The van der Waals surface area contributed by atoms with Crippen molar-refractivity contribution in [1.29, 1.82) is 0 Å². The molecule has 0 aliphatic carbocycles. The highest BCUT2D eigenvalue weighted by atomic mass is 35.5. The maximum Gasteiger partial charge on any atom is 0.422 e. The van der Waals surface area contributed by atoms with Crippen LogP contribution < -0.4 is 10.6 Å². The molecule has 0 spiro atoms. The number of carbonyl (C=O) groups is 2. The van der Waals surface area contributed by atoms with Gasteiger partial charge in [-0.3, -0.25) is 4.79 Å². The highest BCUT2D eigenvalue weighted by molar-refractivity contribution is 6.30. The van der Waals surface area contributed by atoms with Gasteiger partial charge in [-0.15, -0.1) is 0 Å². The molecule has 0 bridgehead atoms. The molecule has 1 aliphatic rings. The summed E-state index contributed by atoms with van der Waals surface area (Å²) >= 11 is 5.77. The molecule has 0 radical (unpaired) electrons. The van der Waals surface area contributed by atoms with E-state index in [9.17, 15) is 22.8 Å². The van der Waals surface area contributed by atoms with Crippen LogP contribution in [-0.4, -0.2) is 24.8 Å². The van der Waals surface area contributed by atoms with Crippen LogP contribution in [0.4, 0.5) is 18.0 Å². The smallest absolute Gasteiger partial charge is 0.422 e. The number of hydrogen-bond acceptors (Lipinski definition) is 3. The van der Waals surface area contributed by atoms with Crippen molar-refractivity contribution >= 4 is 23.6 Å². The van der Waals surface area contributed by atoms with Crippen LogP contribution >= 0.6 is 11.6 Å². The lowest BCUT2D eigenvalue weighted by molar-refractivity contribution is -0.189. The highest BCUT2D eigenvalue weighted by Crippen LogP contribution is 2.31. The molecule has 2 N–H and O–H groups in total. The molecule has 0 saturated carbocycles. The molecule has 9 heteroatoms. The van der Waals surface area contributed by atoms with E-state index in [2.05, 4.69) is 21.9 Å². The van der Waals surface area contributed by atoms with Crippen molar-refractivity contribution in [2.45, 2.75) is 12.2 Å². The zero-order valence-electron chi connectivity index (χ0n) is 11.6. The molecule has 1 heterocycles. The van der Waals surface area contributed by atoms with Gasteiger partial charge in [0.15, 0.2) is 6.61 Å². The Bertz CT molecular complexity index is 631. The maximum atomic E-state index is 12.2. The average Bonchev–Trinajstić information content (AvgIpc) is 2.44. The van der Waals surface area contributed by atoms with Crippen LogP contribution in [0.3, 0.4) is 0 Å². The van der Waals surface area contributed by atoms with Crippen molar-refractivity contribution in [3.63, 3.8) is 0 Å². The summed E-state index contributed by atoms with van der Waals surface area (Å²) < 4.78 is 40.9. The van der Waals surface area contributed by atoms with Gasteiger partial charge in [-0.25, -0.2) is 4.79 Å². The van der Waals surface area contributed by atoms with Crippen LogP contribution in [0.25, 0.3) is 0 Å². The van der Waals surface area contributed by atoms with Crippen molar-refractivity contribution in [3.05, 3.63) is 47.1 Å². The predicted octanol–water partition coefficient (Wildman–Crippen LogP) is 2.93. The van der Waals surface area contributed by atoms with Crippen LogP contribution in [0.2, 0.25) is 5.02 Å². The fourth-order valence-electron chi connectivity index (χ4n) is 2.15. The van der Waals surface area contributed by atoms with E-state index in [1.165, 1.54) is 12.1 Å². The van der Waals surface area contributed by atoms with E-state index >= 15 is 0 Å². The van der Waals surface area contributed by atoms with Crippen molar-refractivity contribution in [3.8, 4) is 0 Å². The largest absolute Gasteiger partial charge is 0.455 e. The molecule has 1 aliphatic heterocycles. The first-order chi connectivity index (χ1) is 10.7. The van der Waals surface area contributed by atoms with Gasteiger partial charge in [-0.1, -0.05) is 30.3 Å². The minimum Gasteiger partial charge on any atom is -0.455 e. The van der Waals surface area contributed by atoms with E-state index in [-0.39, 0.29) is 5.70 Å². The molecule has 1 saturated heterocycles. The van der Waals surface area contributed by atoms with Gasteiger partial charge in [-0.2, -0.15) is 13.2 Å². The first-order valence-corrected chi connectivity index (χ1v) is 6.80. The number of nitrogens with one attached hydrogen (secondary N) is 2. The molecule has 2 amide bonds. The number of carbonyl (C=O) groups excluding carboxylic acids is 2. The first-order valence-electron chi connectivity index (χ1n) is 6.42. The Morgan fingerprint density at radius 1 is 1.30 bits per heavy atom. The van der Waals surface area contributed by atoms with E-state index in [4.69, 9.17) is 11.6 Å². The Labute approximate surface area is 134 Å². The molecule has 124 valence electrons. The van der Waals surface area contributed by atoms with Gasteiger partial charge in [0.05, 0.1) is 6.04 Å². The summed E-state index contributed by atoms with van der Waals surface area (Å²) in [5, 5.41) is 5.17. The van der Waals surface area contributed by atoms with E-state index < -0.39 is 36.7 Å². The number of ether oxygens (including phenoxy) is 1. The molecular formula is C14H12ClF3N2O3. The third-order valence-corrected chi connectivity index (χ3v) is 3.38. The molecule has 2 atom stereocenters. The predicted molar refractivity (Wildman–Crippen MR) is 75.5 cm³/mol. The van der Waals surface area contributed by atoms with Gasteiger partial charge in [-0.05, 0) is 17.7 Å². The summed E-state index contributed by atoms with van der Waals surface area (Å²) in [6.07, 6.45) is -4.64. The zero-order chi connectivity index (χ0) is 17.2. The van der Waals surface area contributed by atoms with E-state index in [0.717, 1.165) is 0 Å². The van der Waals surface area contributed by atoms with Crippen LogP contribution in [0.1, 0.15) is 11.6 Å². The lowest BCUT2D eigenvalue weighted by Gasteiger charge is -2.33. The number of benzene rings is 1. The lowest BCUT2D eigenvalue weighted by atomic mass is 9.89. The van der Waals surface area contributed by atoms with Gasteiger partial charge >= 0.3 is 18.2 Å². The summed E-state index contributed by atoms with van der Waals surface area (Å²) in [5.41, 5.74) is 0.445. The fraction of sp³-hybridized carbons (Fsp3) is 0.286. The summed E-state index contributed by atoms with van der Waals surface area (Å²) in [5.74, 6) is -2.34. The molecule has 2 unspecified atom stereocenters. The summed E-state index contributed by atoms with van der Waals surface area (Å²) in [7, 11) is 0. The van der Waals surface area contributed by atoms with Gasteiger partial charge in [0.2, 0.25) is 0 Å². The number of halogens is 4. The number of esters is 1. The molecule has 23 heavy (non-hydrogen) atoms. The van der Waals surface area contributed by atoms with Gasteiger partial charge < -0.3 is 15.4 Å². The Morgan fingerprint density at radius 3 is 2.48 bits per heavy atom. The number of alkyl halides is 3. The second kappa shape index (κ2) is 6.49. The lowest BCUT2D eigenvalue weighted by Crippen LogP contribution is -2.51. The quantitative estimate of drug-likeness (QED) is 0.825. The first kappa shape index (κ1) is 17.1. The highest BCUT2D eigenvalue weighted by Gasteiger charge is 2.40. The maximum absolute atomic E-state index is 12.2. The minimum absolute atomic E-state index is 0.0409. The Hall–Kier alpha value is -2.22. The van der Waals surface area contributed by atoms with E-state index in [1.807, 2.05) is 0 Å². The molecule has 0 aromatic heterocycles. The zero-order valence-corrected chi connectivity index (χ0v) is 12.4. The van der Waals surface area contributed by atoms with E-state index in [0.29, 0.717) is 10.6 Å². The molecular weight excluding hydrogens is 337 g/mol. The summed E-state index contributed by atoms with van der Waals surface area (Å²) in [6.45, 7) is 1.81. The minimum atomic E-state index is -4.64. The van der Waals surface area contributed by atoms with E-state index in [1.54, 1.807) is 12.1 Å². The molecule has 5 nitrogen and oxygen atoms in total. The number of hydrogen-bond donors (Lipinski definition) is 2. The monoisotopic (exact) mass is 348 g/mol. The normalized spacial score (nSPS) is 21.4. The van der Waals surface area contributed by atoms with Crippen molar-refractivity contribution < 1.29 is 27.5 Å². The van der Waals surface area contributed by atoms with Gasteiger partial charge in [0.1, 0.15) is 5.92 Å². The fourth-order valence-corrected chi connectivity index (χ4v) is 2.28. The standard InChI is InChI=1S/C14H12ClF3N2O3/c1-7-10(12(21)23-6-14(16,17)18)11(20-13(22)19-7)8-2-4-9(15)5-3-8/h2-5,10-11H,1,6H2,(H2,19,20,22). The van der Waals surface area contributed by atoms with Crippen molar-refractivity contribution in [2.24, 2.45) is 5.92 Å². The van der Waals surface area contributed by atoms with Crippen LogP contribution in [-0.2, 0) is 9.53 Å². The van der Waals surface area contributed by atoms with Crippen molar-refractivity contribution in [1.82, 2.24) is 10.6 Å². The molecule has 1 aromatic carbocycles. The molecule has 1 aromatic rings. The second-order valence-corrected chi connectivity index (χ2v) is 5.29. The topological polar surface area (TPSA) is 67.4 Å². The van der Waals surface area contributed by atoms with Crippen LogP contribution in [0, 0.1) is 5.92 Å². The summed E-state index contributed by atoms with van der Waals surface area (Å²) in [4.78, 5) is 23.6. The Morgan fingerprint density at radius 2 is 1.91 bits per heavy atom. The second-order valence-electron chi connectivity index (χ2n) is 4.85. The number of amides is 2. The third-order valence-electron chi connectivity index (χ3n) is 3.13. The number of rotatable bonds is 3. The van der Waals surface area contributed by atoms with Crippen LogP contribution in [0.5, 0.6) is 0 Å². The molecule has 2 rings (SSSR count). The van der Waals surface area contributed by atoms with Crippen LogP contribution in [0.15, 0.2) is 36.5 Å². The Balaban J connectivity index is 2.24. The third kappa shape index (κ3) is 4.38. The van der Waals surface area contributed by atoms with Gasteiger partial charge in [0.25, 0.3) is 0 Å². The number of urea groups is 1. The van der Waals surface area contributed by atoms with Crippen molar-refractivity contribution in [2.75, 3.05) is 6.61 Å². The SMILES string of the molecule is C=C1NC(=O)NC(c2ccc(Cl)cc2)C1C(=O)OCC(F)(F)F. The molecule has 1 fully saturated rings. The summed E-state index contributed by atoms with van der Waals surface area (Å²) in [6, 6.07) is 4.65. The average molecular weight is 349 g/mol.